The molecule has 23 heavy (non-hydrogen) atoms. The van der Waals surface area contributed by atoms with Gasteiger partial charge in [0, 0.05) is 5.57 Å². The number of thioether (sulfide) groups is 1. The molecule has 3 N–H and O–H groups in total. The second kappa shape index (κ2) is 7.01. The molecule has 1 aliphatic rings. The topological polar surface area (TPSA) is 68.2 Å². The fourth-order valence-corrected chi connectivity index (χ4v) is 2.33. The normalized spacial score (nSPS) is 14.6. The highest BCUT2D eigenvalue weighted by atomic mass is 35.5. The van der Waals surface area contributed by atoms with Gasteiger partial charge in [0.25, 0.3) is 0 Å². The maximum absolute atomic E-state index is 14.1. The fraction of sp³-hybridized carbons (Fsp3) is 0.143. The molecule has 0 saturated carbocycles. The lowest BCUT2D eigenvalue weighted by atomic mass is 10.2. The van der Waals surface area contributed by atoms with Crippen molar-refractivity contribution in [2.75, 3.05) is 17.7 Å². The van der Waals surface area contributed by atoms with Gasteiger partial charge in [-0.05, 0) is 18.4 Å². The van der Waals surface area contributed by atoms with Gasteiger partial charge in [-0.1, -0.05) is 24.2 Å². The van der Waals surface area contributed by atoms with Gasteiger partial charge in [0.05, 0.1) is 11.6 Å². The Morgan fingerprint density at radius 1 is 1.48 bits per heavy atom. The number of nitrogens with one attached hydrogen (secondary N) is 3. The number of carbonyl (C=O) groups excluding carboxylic acids is 1. The van der Waals surface area contributed by atoms with Gasteiger partial charge in [-0.2, -0.15) is 0 Å². The van der Waals surface area contributed by atoms with Crippen molar-refractivity contribution in [2.24, 2.45) is 0 Å². The third-order valence-electron chi connectivity index (χ3n) is 3.06. The van der Waals surface area contributed by atoms with Crippen molar-refractivity contribution < 1.29 is 13.6 Å². The lowest BCUT2D eigenvalue weighted by molar-refractivity contribution is 0.246. The van der Waals surface area contributed by atoms with Crippen LogP contribution in [-0.4, -0.2) is 24.0 Å². The van der Waals surface area contributed by atoms with E-state index in [1.54, 1.807) is 6.26 Å². The molecule has 5 nitrogen and oxygen atoms in total. The van der Waals surface area contributed by atoms with Crippen LogP contribution in [0.4, 0.5) is 19.3 Å². The summed E-state index contributed by atoms with van der Waals surface area (Å²) in [5.74, 6) is -1.84. The average Bonchev–Trinajstić information content (AvgIpc) is 2.49. The molecule has 1 aromatic rings. The van der Waals surface area contributed by atoms with E-state index < -0.39 is 23.4 Å². The highest BCUT2D eigenvalue weighted by molar-refractivity contribution is 8.02. The van der Waals surface area contributed by atoms with E-state index in [9.17, 15) is 13.6 Å². The summed E-state index contributed by atoms with van der Waals surface area (Å²) >= 11 is 6.98. The highest BCUT2D eigenvalue weighted by Gasteiger charge is 2.33. The monoisotopic (exact) mass is 358 g/mol. The van der Waals surface area contributed by atoms with Crippen molar-refractivity contribution in [3.63, 3.8) is 0 Å². The van der Waals surface area contributed by atoms with Crippen LogP contribution in [0.2, 0.25) is 0 Å². The quantitative estimate of drug-likeness (QED) is 0.707. The maximum Gasteiger partial charge on any atom is 0.328 e. The van der Waals surface area contributed by atoms with E-state index in [1.807, 2.05) is 0 Å². The Morgan fingerprint density at radius 2 is 2.09 bits per heavy atom. The predicted molar refractivity (Wildman–Crippen MR) is 88.6 cm³/mol. The van der Waals surface area contributed by atoms with Crippen molar-refractivity contribution >= 4 is 40.3 Å². The molecule has 0 unspecified atom stereocenters. The molecule has 0 fully saturated rings. The Kier molecular flexibility index (Phi) is 5.27. The van der Waals surface area contributed by atoms with Gasteiger partial charge in [0.15, 0.2) is 0 Å². The van der Waals surface area contributed by atoms with Crippen LogP contribution < -0.4 is 15.5 Å². The van der Waals surface area contributed by atoms with E-state index in [2.05, 4.69) is 17.2 Å². The summed E-state index contributed by atoms with van der Waals surface area (Å²) in [7, 11) is 0. The molecule has 1 aromatic carbocycles. The summed E-state index contributed by atoms with van der Waals surface area (Å²) in [5, 5.41) is 12.9. The summed E-state index contributed by atoms with van der Waals surface area (Å²) in [6.07, 6.45) is 1.73. The summed E-state index contributed by atoms with van der Waals surface area (Å²) in [5.41, 5.74) is -0.374. The van der Waals surface area contributed by atoms with Gasteiger partial charge in [0.1, 0.15) is 28.3 Å². The number of rotatable bonds is 5. The second-order valence-electron chi connectivity index (χ2n) is 4.46. The summed E-state index contributed by atoms with van der Waals surface area (Å²) in [6, 6.07) is 2.52. The molecule has 2 amide bonds. The SMILES string of the molecule is C=C(NC1=C(C(=N)Cl)CNC(=O)N1c1c(F)cccc1F)SC. The van der Waals surface area contributed by atoms with Crippen LogP contribution in [0, 0.1) is 17.0 Å². The first kappa shape index (κ1) is 17.3. The van der Waals surface area contributed by atoms with E-state index >= 15 is 0 Å². The van der Waals surface area contributed by atoms with Crippen molar-refractivity contribution in [1.29, 1.82) is 5.41 Å². The van der Waals surface area contributed by atoms with Gasteiger partial charge < -0.3 is 10.6 Å². The molecule has 0 aliphatic carbocycles. The van der Waals surface area contributed by atoms with E-state index in [4.69, 9.17) is 17.0 Å². The second-order valence-corrected chi connectivity index (χ2v) is 5.74. The lowest BCUT2D eigenvalue weighted by Gasteiger charge is -2.33. The van der Waals surface area contributed by atoms with Gasteiger partial charge in [-0.15, -0.1) is 11.8 Å². The van der Waals surface area contributed by atoms with Crippen molar-refractivity contribution in [1.82, 2.24) is 10.6 Å². The number of halogens is 3. The number of hydrogen-bond donors (Lipinski definition) is 3. The number of benzene rings is 1. The van der Waals surface area contributed by atoms with E-state index in [0.29, 0.717) is 5.03 Å². The van der Waals surface area contributed by atoms with Gasteiger partial charge in [-0.3, -0.25) is 5.41 Å². The zero-order valence-electron chi connectivity index (χ0n) is 12.0. The van der Waals surface area contributed by atoms with Crippen molar-refractivity contribution in [2.45, 2.75) is 0 Å². The van der Waals surface area contributed by atoms with Gasteiger partial charge >= 0.3 is 6.03 Å². The molecule has 0 atom stereocenters. The van der Waals surface area contributed by atoms with Crippen molar-refractivity contribution in [3.8, 4) is 0 Å². The minimum absolute atomic E-state index is 0.00269. The summed E-state index contributed by atoms with van der Waals surface area (Å²) in [6.45, 7) is 3.67. The third kappa shape index (κ3) is 3.48. The van der Waals surface area contributed by atoms with E-state index in [1.165, 1.54) is 17.8 Å². The number of urea groups is 1. The molecule has 0 saturated heterocycles. The molecule has 2 rings (SSSR count). The molecule has 1 aliphatic heterocycles. The van der Waals surface area contributed by atoms with E-state index in [-0.39, 0.29) is 23.1 Å². The predicted octanol–water partition coefficient (Wildman–Crippen LogP) is 3.35. The van der Waals surface area contributed by atoms with Crippen LogP contribution >= 0.6 is 23.4 Å². The number of hydrogen-bond acceptors (Lipinski definition) is 4. The Labute approximate surface area is 140 Å². The van der Waals surface area contributed by atoms with Crippen LogP contribution in [0.15, 0.2) is 41.2 Å². The third-order valence-corrected chi connectivity index (χ3v) is 3.88. The minimum atomic E-state index is -0.920. The first-order valence-corrected chi connectivity index (χ1v) is 7.96. The molecule has 0 bridgehead atoms. The van der Waals surface area contributed by atoms with Crippen LogP contribution in [-0.2, 0) is 0 Å². The Hall–Kier alpha value is -2.06. The number of nitrogens with zero attached hydrogens (tertiary/aromatic N) is 1. The Bertz CT molecular complexity index is 702. The van der Waals surface area contributed by atoms with Crippen LogP contribution in [0.1, 0.15) is 0 Å². The largest absolute Gasteiger partial charge is 0.336 e. The molecule has 122 valence electrons. The first-order chi connectivity index (χ1) is 10.9. The highest BCUT2D eigenvalue weighted by Crippen LogP contribution is 2.30. The van der Waals surface area contributed by atoms with E-state index in [0.717, 1.165) is 17.0 Å². The minimum Gasteiger partial charge on any atom is -0.336 e. The molecule has 0 spiro atoms. The molecule has 1 heterocycles. The first-order valence-electron chi connectivity index (χ1n) is 6.36. The van der Waals surface area contributed by atoms with Gasteiger partial charge in [0.2, 0.25) is 0 Å². The average molecular weight is 359 g/mol. The number of anilines is 1. The molecular weight excluding hydrogens is 346 g/mol. The molecule has 0 aromatic heterocycles. The van der Waals surface area contributed by atoms with Crippen molar-refractivity contribution in [3.05, 3.63) is 52.8 Å². The Morgan fingerprint density at radius 3 is 2.61 bits per heavy atom. The number of para-hydroxylation sites is 1. The van der Waals surface area contributed by atoms with Crippen LogP contribution in [0.5, 0.6) is 0 Å². The van der Waals surface area contributed by atoms with Crippen LogP contribution in [0.3, 0.4) is 0 Å². The Balaban J connectivity index is 2.65. The zero-order chi connectivity index (χ0) is 17.1. The molecule has 9 heteroatoms. The maximum atomic E-state index is 14.1. The van der Waals surface area contributed by atoms with Gasteiger partial charge in [-0.25, -0.2) is 18.5 Å². The standard InChI is InChI=1S/C14H13ClF2N4OS/c1-7(23-2)20-13-8(12(15)18)6-19-14(22)21(13)11-9(16)4-3-5-10(11)17/h3-5,18,20H,1,6H2,2H3,(H,19,22). The smallest absolute Gasteiger partial charge is 0.328 e. The zero-order valence-corrected chi connectivity index (χ0v) is 13.6. The number of amides is 2. The summed E-state index contributed by atoms with van der Waals surface area (Å²) in [4.78, 5) is 13.0. The molecule has 0 radical (unpaired) electrons. The number of carbonyl (C=O) groups is 1. The van der Waals surface area contributed by atoms with Crippen LogP contribution in [0.25, 0.3) is 0 Å². The lowest BCUT2D eigenvalue weighted by Crippen LogP contribution is -2.50. The summed E-state index contributed by atoms with van der Waals surface area (Å²) < 4.78 is 28.2. The fourth-order valence-electron chi connectivity index (χ4n) is 1.98. The molecular formula is C14H13ClF2N4OS.